The predicted molar refractivity (Wildman–Crippen MR) is 64.3 cm³/mol. The van der Waals surface area contributed by atoms with Crippen LogP contribution in [0, 0.1) is 0 Å². The zero-order chi connectivity index (χ0) is 12.9. The smallest absolute Gasteiger partial charge is 0.0965 e. The van der Waals surface area contributed by atoms with Crippen molar-refractivity contribution in [1.82, 2.24) is 20.3 Å². The maximum absolute atomic E-state index is 9.55. The highest BCUT2D eigenvalue weighted by molar-refractivity contribution is 4.94. The number of nitrogens with zero attached hydrogens (tertiary/aromatic N) is 3. The number of aryl methyl sites for hydroxylation is 1. The van der Waals surface area contributed by atoms with E-state index in [-0.39, 0.29) is 12.1 Å². The molecule has 0 aliphatic carbocycles. The van der Waals surface area contributed by atoms with Gasteiger partial charge in [-0.05, 0) is 27.2 Å². The summed E-state index contributed by atoms with van der Waals surface area (Å²) >= 11 is 0. The summed E-state index contributed by atoms with van der Waals surface area (Å²) in [6, 6.07) is 0. The number of aliphatic hydroxyl groups excluding tert-OH is 2. The fraction of sp³-hybridized carbons (Fsp3) is 0.818. The van der Waals surface area contributed by atoms with Crippen molar-refractivity contribution in [2.45, 2.75) is 51.9 Å². The summed E-state index contributed by atoms with van der Waals surface area (Å²) < 4.78 is 1.71. The van der Waals surface area contributed by atoms with E-state index in [1.165, 1.54) is 0 Å². The van der Waals surface area contributed by atoms with Gasteiger partial charge in [-0.15, -0.1) is 5.10 Å². The van der Waals surface area contributed by atoms with E-state index < -0.39 is 6.10 Å². The van der Waals surface area contributed by atoms with E-state index in [4.69, 9.17) is 5.11 Å². The number of nitrogens with one attached hydrogen (secondary N) is 1. The average molecular weight is 242 g/mol. The molecule has 0 aromatic carbocycles. The topological polar surface area (TPSA) is 83.2 Å². The van der Waals surface area contributed by atoms with Crippen LogP contribution in [-0.4, -0.2) is 43.5 Å². The van der Waals surface area contributed by atoms with Crippen molar-refractivity contribution >= 4 is 0 Å². The summed E-state index contributed by atoms with van der Waals surface area (Å²) in [5.41, 5.74) is 0.478. The van der Waals surface area contributed by atoms with Crippen molar-refractivity contribution in [1.29, 1.82) is 0 Å². The van der Waals surface area contributed by atoms with Crippen LogP contribution in [0.2, 0.25) is 0 Å². The fourth-order valence-corrected chi connectivity index (χ4v) is 1.23. The molecule has 0 saturated carbocycles. The molecule has 1 heterocycles. The van der Waals surface area contributed by atoms with Gasteiger partial charge in [-0.25, -0.2) is 0 Å². The van der Waals surface area contributed by atoms with Gasteiger partial charge in [0.25, 0.3) is 0 Å². The van der Waals surface area contributed by atoms with Crippen LogP contribution >= 0.6 is 0 Å². The molecule has 1 aromatic heterocycles. The Morgan fingerprint density at radius 3 is 2.82 bits per heavy atom. The zero-order valence-electron chi connectivity index (χ0n) is 10.7. The first kappa shape index (κ1) is 14.1. The quantitative estimate of drug-likeness (QED) is 0.622. The number of hydrogen-bond acceptors (Lipinski definition) is 5. The molecule has 0 aliphatic heterocycles. The van der Waals surface area contributed by atoms with Gasteiger partial charge in [-0.3, -0.25) is 4.68 Å². The van der Waals surface area contributed by atoms with Crippen LogP contribution in [-0.2, 0) is 13.1 Å². The number of aromatic nitrogens is 3. The van der Waals surface area contributed by atoms with Crippen molar-refractivity contribution in [3.8, 4) is 0 Å². The van der Waals surface area contributed by atoms with Crippen molar-refractivity contribution in [2.75, 3.05) is 6.61 Å². The van der Waals surface area contributed by atoms with E-state index in [1.54, 1.807) is 11.6 Å². The lowest BCUT2D eigenvalue weighted by molar-refractivity contribution is 0.0954. The first-order valence-electron chi connectivity index (χ1n) is 5.88. The summed E-state index contributed by atoms with van der Waals surface area (Å²) in [4.78, 5) is 0. The molecule has 1 atom stereocenters. The molecule has 0 aliphatic rings. The molecule has 1 unspecified atom stereocenters. The van der Waals surface area contributed by atoms with E-state index in [0.29, 0.717) is 19.5 Å². The second-order valence-electron chi connectivity index (χ2n) is 4.80. The summed E-state index contributed by atoms with van der Waals surface area (Å²) in [7, 11) is 0. The summed E-state index contributed by atoms with van der Waals surface area (Å²) in [6.07, 6.45) is 2.09. The minimum absolute atomic E-state index is 0.155. The van der Waals surface area contributed by atoms with Gasteiger partial charge in [0.15, 0.2) is 0 Å². The van der Waals surface area contributed by atoms with E-state index >= 15 is 0 Å². The highest BCUT2D eigenvalue weighted by Gasteiger charge is 2.23. The SMILES string of the molecule is CC(O)C(C)(C)NCc1cn(CCCO)nn1. The van der Waals surface area contributed by atoms with Gasteiger partial charge in [-0.2, -0.15) is 0 Å². The lowest BCUT2D eigenvalue weighted by atomic mass is 9.99. The standard InChI is InChI=1S/C11H22N4O2/c1-9(17)11(2,3)12-7-10-8-15(14-13-10)5-4-6-16/h8-9,12,16-17H,4-7H2,1-3H3. The van der Waals surface area contributed by atoms with Crippen molar-refractivity contribution < 1.29 is 10.2 Å². The van der Waals surface area contributed by atoms with Crippen LogP contribution in [0.25, 0.3) is 0 Å². The van der Waals surface area contributed by atoms with Crippen molar-refractivity contribution in [3.63, 3.8) is 0 Å². The van der Waals surface area contributed by atoms with Crippen LogP contribution in [0.15, 0.2) is 6.20 Å². The molecule has 0 bridgehead atoms. The summed E-state index contributed by atoms with van der Waals surface area (Å²) in [5, 5.41) is 29.5. The molecule has 0 radical (unpaired) electrons. The first-order chi connectivity index (χ1) is 7.95. The van der Waals surface area contributed by atoms with Gasteiger partial charge in [-0.1, -0.05) is 5.21 Å². The Hall–Kier alpha value is -0.980. The number of aliphatic hydroxyl groups is 2. The maximum atomic E-state index is 9.55. The molecule has 0 spiro atoms. The highest BCUT2D eigenvalue weighted by Crippen LogP contribution is 2.09. The third kappa shape index (κ3) is 4.41. The van der Waals surface area contributed by atoms with Gasteiger partial charge >= 0.3 is 0 Å². The summed E-state index contributed by atoms with van der Waals surface area (Å²) in [6.45, 7) is 7.02. The Morgan fingerprint density at radius 1 is 1.53 bits per heavy atom. The van der Waals surface area contributed by atoms with Crippen LogP contribution in [0.1, 0.15) is 32.9 Å². The lowest BCUT2D eigenvalue weighted by Gasteiger charge is -2.29. The molecule has 0 amide bonds. The fourth-order valence-electron chi connectivity index (χ4n) is 1.23. The second-order valence-corrected chi connectivity index (χ2v) is 4.80. The highest BCUT2D eigenvalue weighted by atomic mass is 16.3. The lowest BCUT2D eigenvalue weighted by Crippen LogP contribution is -2.47. The van der Waals surface area contributed by atoms with Gasteiger partial charge in [0, 0.05) is 31.4 Å². The van der Waals surface area contributed by atoms with E-state index in [2.05, 4.69) is 15.6 Å². The maximum Gasteiger partial charge on any atom is 0.0965 e. The molecular weight excluding hydrogens is 220 g/mol. The van der Waals surface area contributed by atoms with Crippen LogP contribution in [0.5, 0.6) is 0 Å². The van der Waals surface area contributed by atoms with E-state index in [0.717, 1.165) is 5.69 Å². The Balaban J connectivity index is 2.44. The van der Waals surface area contributed by atoms with Crippen molar-refractivity contribution in [3.05, 3.63) is 11.9 Å². The van der Waals surface area contributed by atoms with Crippen LogP contribution < -0.4 is 5.32 Å². The molecule has 98 valence electrons. The van der Waals surface area contributed by atoms with Gasteiger partial charge in [0.2, 0.25) is 0 Å². The molecule has 6 heteroatoms. The van der Waals surface area contributed by atoms with Gasteiger partial charge in [0.1, 0.15) is 0 Å². The van der Waals surface area contributed by atoms with Gasteiger partial charge < -0.3 is 15.5 Å². The van der Waals surface area contributed by atoms with Crippen molar-refractivity contribution in [2.24, 2.45) is 0 Å². The largest absolute Gasteiger partial charge is 0.396 e. The predicted octanol–water partition coefficient (Wildman–Crippen LogP) is -0.0905. The molecule has 17 heavy (non-hydrogen) atoms. The molecule has 3 N–H and O–H groups in total. The van der Waals surface area contributed by atoms with Crippen LogP contribution in [0.4, 0.5) is 0 Å². The molecule has 1 rings (SSSR count). The molecule has 0 fully saturated rings. The number of hydrogen-bond donors (Lipinski definition) is 3. The Bertz CT molecular complexity index is 336. The Morgan fingerprint density at radius 2 is 2.24 bits per heavy atom. The first-order valence-corrected chi connectivity index (χ1v) is 5.88. The van der Waals surface area contributed by atoms with E-state index in [9.17, 15) is 5.11 Å². The number of rotatable bonds is 7. The average Bonchev–Trinajstić information content (AvgIpc) is 2.71. The monoisotopic (exact) mass is 242 g/mol. The normalized spacial score (nSPS) is 13.9. The molecule has 1 aromatic rings. The zero-order valence-corrected chi connectivity index (χ0v) is 10.7. The summed E-state index contributed by atoms with van der Waals surface area (Å²) in [5.74, 6) is 0. The minimum Gasteiger partial charge on any atom is -0.396 e. The molecular formula is C11H22N4O2. The second kappa shape index (κ2) is 6.09. The molecule has 0 saturated heterocycles. The van der Waals surface area contributed by atoms with Crippen LogP contribution in [0.3, 0.4) is 0 Å². The molecule has 6 nitrogen and oxygen atoms in total. The van der Waals surface area contributed by atoms with E-state index in [1.807, 2.05) is 20.0 Å². The Kier molecular flexibility index (Phi) is 5.04. The Labute approximate surface area is 102 Å². The third-order valence-corrected chi connectivity index (χ3v) is 2.90. The third-order valence-electron chi connectivity index (χ3n) is 2.90. The minimum atomic E-state index is -0.438. The van der Waals surface area contributed by atoms with Gasteiger partial charge in [0.05, 0.1) is 11.8 Å².